The zero-order chi connectivity index (χ0) is 18.1. The summed E-state index contributed by atoms with van der Waals surface area (Å²) in [6.45, 7) is 5.15. The molecule has 2 aromatic carbocycles. The Hall–Kier alpha value is -2.82. The lowest BCUT2D eigenvalue weighted by Gasteiger charge is -2.11. The first-order valence-corrected chi connectivity index (χ1v) is 8.57. The molecule has 0 heterocycles. The van der Waals surface area contributed by atoms with Crippen molar-refractivity contribution in [2.45, 2.75) is 26.7 Å². The van der Waals surface area contributed by atoms with Crippen LogP contribution in [0.15, 0.2) is 48.5 Å². The lowest BCUT2D eigenvalue weighted by molar-refractivity contribution is 0.0956. The summed E-state index contributed by atoms with van der Waals surface area (Å²) in [6.07, 6.45) is 2.07. The third kappa shape index (κ3) is 5.35. The van der Waals surface area contributed by atoms with Gasteiger partial charge in [0.05, 0.1) is 17.9 Å². The molecular weight excluding hydrogens is 316 g/mol. The van der Waals surface area contributed by atoms with Crippen LogP contribution in [0, 0.1) is 0 Å². The highest BCUT2D eigenvalue weighted by Gasteiger charge is 2.13. The first kappa shape index (κ1) is 18.5. The minimum absolute atomic E-state index is 0.210. The number of para-hydroxylation sites is 1. The summed E-state index contributed by atoms with van der Waals surface area (Å²) in [5.74, 6) is 0.266. The van der Waals surface area contributed by atoms with Gasteiger partial charge in [-0.1, -0.05) is 25.5 Å². The van der Waals surface area contributed by atoms with Crippen LogP contribution in [0.1, 0.15) is 47.4 Å². The topological polar surface area (TPSA) is 67.4 Å². The molecule has 5 nitrogen and oxygen atoms in total. The van der Waals surface area contributed by atoms with Crippen molar-refractivity contribution in [3.8, 4) is 5.75 Å². The van der Waals surface area contributed by atoms with Gasteiger partial charge in [-0.2, -0.15) is 0 Å². The molecule has 5 heteroatoms. The van der Waals surface area contributed by atoms with Crippen LogP contribution >= 0.6 is 0 Å². The number of rotatable bonds is 8. The van der Waals surface area contributed by atoms with Gasteiger partial charge in [0.1, 0.15) is 5.75 Å². The highest BCUT2D eigenvalue weighted by molar-refractivity contribution is 6.09. The number of carbonyl (C=O) groups is 2. The first-order chi connectivity index (χ1) is 12.2. The molecular formula is C20H24N2O3. The Bertz CT molecular complexity index is 711. The zero-order valence-corrected chi connectivity index (χ0v) is 14.7. The predicted octanol–water partition coefficient (Wildman–Crippen LogP) is 3.87. The van der Waals surface area contributed by atoms with E-state index in [0.29, 0.717) is 30.0 Å². The maximum atomic E-state index is 12.4. The number of unbranched alkanes of at least 4 members (excludes halogenated alkanes) is 1. The molecule has 132 valence electrons. The zero-order valence-electron chi connectivity index (χ0n) is 14.7. The normalized spacial score (nSPS) is 10.2. The van der Waals surface area contributed by atoms with E-state index in [2.05, 4.69) is 17.6 Å². The number of carbonyl (C=O) groups excluding carboxylic acids is 2. The number of amides is 2. The molecule has 0 unspecified atom stereocenters. The van der Waals surface area contributed by atoms with E-state index in [1.165, 1.54) is 0 Å². The Labute approximate surface area is 148 Å². The highest BCUT2D eigenvalue weighted by atomic mass is 16.5. The summed E-state index contributed by atoms with van der Waals surface area (Å²) in [4.78, 5) is 24.5. The van der Waals surface area contributed by atoms with Crippen LogP contribution in [0.4, 0.5) is 5.69 Å². The monoisotopic (exact) mass is 340 g/mol. The Morgan fingerprint density at radius 1 is 0.960 bits per heavy atom. The van der Waals surface area contributed by atoms with Crippen LogP contribution < -0.4 is 15.4 Å². The summed E-state index contributed by atoms with van der Waals surface area (Å²) in [5, 5.41) is 5.54. The Morgan fingerprint density at radius 2 is 1.68 bits per heavy atom. The van der Waals surface area contributed by atoms with Crippen molar-refractivity contribution >= 4 is 17.5 Å². The first-order valence-electron chi connectivity index (χ1n) is 8.57. The van der Waals surface area contributed by atoms with Crippen molar-refractivity contribution in [3.05, 3.63) is 59.7 Å². The van der Waals surface area contributed by atoms with Crippen LogP contribution in [0.5, 0.6) is 5.75 Å². The summed E-state index contributed by atoms with van der Waals surface area (Å²) in [6, 6.07) is 13.9. The van der Waals surface area contributed by atoms with E-state index < -0.39 is 0 Å². The largest absolute Gasteiger partial charge is 0.494 e. The van der Waals surface area contributed by atoms with E-state index >= 15 is 0 Å². The fraction of sp³-hybridized carbons (Fsp3) is 0.300. The molecule has 0 saturated carbocycles. The summed E-state index contributed by atoms with van der Waals surface area (Å²) < 4.78 is 5.59. The van der Waals surface area contributed by atoms with Crippen LogP contribution in [0.3, 0.4) is 0 Å². The van der Waals surface area contributed by atoms with Gasteiger partial charge in [0, 0.05) is 12.1 Å². The van der Waals surface area contributed by atoms with Crippen molar-refractivity contribution in [1.29, 1.82) is 0 Å². The number of nitrogens with one attached hydrogen (secondary N) is 2. The van der Waals surface area contributed by atoms with Crippen LogP contribution in [0.2, 0.25) is 0 Å². The lowest BCUT2D eigenvalue weighted by atomic mass is 10.1. The molecule has 0 saturated heterocycles. The Balaban J connectivity index is 2.06. The van der Waals surface area contributed by atoms with E-state index in [1.807, 2.05) is 6.92 Å². The van der Waals surface area contributed by atoms with E-state index in [9.17, 15) is 9.59 Å². The number of hydrogen-bond acceptors (Lipinski definition) is 3. The average molecular weight is 340 g/mol. The van der Waals surface area contributed by atoms with Crippen LogP contribution in [-0.2, 0) is 0 Å². The molecule has 0 aromatic heterocycles. The summed E-state index contributed by atoms with van der Waals surface area (Å²) in [7, 11) is 0. The number of anilines is 1. The fourth-order valence-corrected chi connectivity index (χ4v) is 2.28. The van der Waals surface area contributed by atoms with E-state index in [4.69, 9.17) is 4.74 Å². The Morgan fingerprint density at radius 3 is 2.36 bits per heavy atom. The third-order valence-corrected chi connectivity index (χ3v) is 3.64. The molecule has 0 bridgehead atoms. The summed E-state index contributed by atoms with van der Waals surface area (Å²) in [5.41, 5.74) is 1.44. The number of hydrogen-bond donors (Lipinski definition) is 2. The molecule has 0 aliphatic carbocycles. The smallest absolute Gasteiger partial charge is 0.255 e. The second-order valence-corrected chi connectivity index (χ2v) is 5.59. The van der Waals surface area contributed by atoms with Gasteiger partial charge in [-0.3, -0.25) is 9.59 Å². The van der Waals surface area contributed by atoms with Crippen molar-refractivity contribution in [2.75, 3.05) is 18.5 Å². The molecule has 0 radical (unpaired) electrons. The Kier molecular flexibility index (Phi) is 7.01. The van der Waals surface area contributed by atoms with Gasteiger partial charge in [-0.05, 0) is 49.7 Å². The molecule has 25 heavy (non-hydrogen) atoms. The fourth-order valence-electron chi connectivity index (χ4n) is 2.28. The molecule has 0 atom stereocenters. The van der Waals surface area contributed by atoms with Crippen molar-refractivity contribution < 1.29 is 14.3 Å². The standard InChI is InChI=1S/C20H24N2O3/c1-3-5-14-25-16-12-10-15(11-13-16)19(23)22-18-9-7-6-8-17(18)20(24)21-4-2/h6-13H,3-5,14H2,1-2H3,(H,21,24)(H,22,23). The van der Waals surface area contributed by atoms with Crippen molar-refractivity contribution in [3.63, 3.8) is 0 Å². The van der Waals surface area contributed by atoms with E-state index in [1.54, 1.807) is 48.5 Å². The van der Waals surface area contributed by atoms with Crippen molar-refractivity contribution in [2.24, 2.45) is 0 Å². The predicted molar refractivity (Wildman–Crippen MR) is 99.2 cm³/mol. The van der Waals surface area contributed by atoms with E-state index in [-0.39, 0.29) is 11.8 Å². The van der Waals surface area contributed by atoms with E-state index in [0.717, 1.165) is 18.6 Å². The molecule has 2 amide bonds. The molecule has 0 aliphatic rings. The van der Waals surface area contributed by atoms with Gasteiger partial charge in [0.2, 0.25) is 0 Å². The summed E-state index contributed by atoms with van der Waals surface area (Å²) >= 11 is 0. The highest BCUT2D eigenvalue weighted by Crippen LogP contribution is 2.18. The minimum atomic E-state index is -0.267. The SMILES string of the molecule is CCCCOc1ccc(C(=O)Nc2ccccc2C(=O)NCC)cc1. The van der Waals surface area contributed by atoms with Gasteiger partial charge in [-0.25, -0.2) is 0 Å². The molecule has 2 N–H and O–H groups in total. The van der Waals surface area contributed by atoms with Crippen LogP contribution in [-0.4, -0.2) is 25.0 Å². The molecule has 2 rings (SSSR count). The van der Waals surface area contributed by atoms with Crippen LogP contribution in [0.25, 0.3) is 0 Å². The molecule has 0 aliphatic heterocycles. The lowest BCUT2D eigenvalue weighted by Crippen LogP contribution is -2.24. The average Bonchev–Trinajstić information content (AvgIpc) is 2.63. The third-order valence-electron chi connectivity index (χ3n) is 3.64. The number of benzene rings is 2. The molecule has 0 spiro atoms. The van der Waals surface area contributed by atoms with Gasteiger partial charge < -0.3 is 15.4 Å². The van der Waals surface area contributed by atoms with Gasteiger partial charge >= 0.3 is 0 Å². The van der Waals surface area contributed by atoms with Gasteiger partial charge in [-0.15, -0.1) is 0 Å². The van der Waals surface area contributed by atoms with Gasteiger partial charge in [0.15, 0.2) is 0 Å². The second kappa shape index (κ2) is 9.47. The maximum absolute atomic E-state index is 12.4. The van der Waals surface area contributed by atoms with Crippen molar-refractivity contribution in [1.82, 2.24) is 5.32 Å². The molecule has 2 aromatic rings. The quantitative estimate of drug-likeness (QED) is 0.717. The minimum Gasteiger partial charge on any atom is -0.494 e. The van der Waals surface area contributed by atoms with Gasteiger partial charge in [0.25, 0.3) is 11.8 Å². The number of ether oxygens (including phenoxy) is 1. The molecule has 0 fully saturated rings. The maximum Gasteiger partial charge on any atom is 0.255 e. The second-order valence-electron chi connectivity index (χ2n) is 5.59.